The molecule has 5 aliphatic rings. The molecule has 4 saturated heterocycles. The van der Waals surface area contributed by atoms with Crippen LogP contribution in [-0.4, -0.2) is 88.8 Å². The molecule has 5 aliphatic heterocycles. The van der Waals surface area contributed by atoms with Crippen molar-refractivity contribution in [1.29, 1.82) is 0 Å². The van der Waals surface area contributed by atoms with E-state index in [0.29, 0.717) is 48.6 Å². The van der Waals surface area contributed by atoms with Crippen molar-refractivity contribution in [3.05, 3.63) is 70.0 Å². The molecule has 0 aromatic heterocycles. The Morgan fingerprint density at radius 1 is 0.878 bits per heavy atom. The van der Waals surface area contributed by atoms with Crippen molar-refractivity contribution in [1.82, 2.24) is 20.0 Å². The summed E-state index contributed by atoms with van der Waals surface area (Å²) >= 11 is 0. The van der Waals surface area contributed by atoms with Crippen LogP contribution in [0.1, 0.15) is 63.1 Å². The molecule has 7 rings (SSSR count). The lowest BCUT2D eigenvalue weighted by molar-refractivity contribution is -0.136. The van der Waals surface area contributed by atoms with Gasteiger partial charge in [-0.05, 0) is 60.9 Å². The number of carbonyl (C=O) groups is 4. The summed E-state index contributed by atoms with van der Waals surface area (Å²) in [6.45, 7) is 4.39. The van der Waals surface area contributed by atoms with E-state index in [0.717, 1.165) is 36.8 Å². The largest absolute Gasteiger partial charge is 0.378 e. The topological polar surface area (TPSA) is 99.3 Å². The second kappa shape index (κ2) is 10.4. The van der Waals surface area contributed by atoms with E-state index in [1.807, 2.05) is 12.1 Å². The zero-order valence-electron chi connectivity index (χ0n) is 22.8. The lowest BCUT2D eigenvalue weighted by atomic mass is 9.96. The molecule has 0 radical (unpaired) electrons. The number of nitrogens with one attached hydrogen (secondary N) is 1. The molecular formula is C31H33FN4O5. The van der Waals surface area contributed by atoms with Crippen molar-refractivity contribution in [2.45, 2.75) is 69.2 Å². The van der Waals surface area contributed by atoms with Gasteiger partial charge >= 0.3 is 0 Å². The Balaban J connectivity index is 0.981. The van der Waals surface area contributed by atoms with Gasteiger partial charge in [-0.3, -0.25) is 39.2 Å². The van der Waals surface area contributed by atoms with Gasteiger partial charge in [0.15, 0.2) is 0 Å². The van der Waals surface area contributed by atoms with E-state index in [2.05, 4.69) is 15.1 Å². The minimum Gasteiger partial charge on any atom is -0.378 e. The van der Waals surface area contributed by atoms with Gasteiger partial charge in [0.1, 0.15) is 11.9 Å². The molecule has 4 amide bonds. The molecule has 0 aliphatic carbocycles. The third-order valence-corrected chi connectivity index (χ3v) is 9.40. The van der Waals surface area contributed by atoms with Gasteiger partial charge in [-0.25, -0.2) is 4.39 Å². The molecule has 4 fully saturated rings. The number of rotatable bonds is 7. The van der Waals surface area contributed by atoms with Gasteiger partial charge in [-0.15, -0.1) is 0 Å². The molecule has 0 spiro atoms. The van der Waals surface area contributed by atoms with E-state index < -0.39 is 29.7 Å². The van der Waals surface area contributed by atoms with Crippen LogP contribution < -0.4 is 5.32 Å². The molecule has 214 valence electrons. The Kier molecular flexibility index (Phi) is 6.72. The van der Waals surface area contributed by atoms with Crippen molar-refractivity contribution in [3.8, 4) is 0 Å². The SMILES string of the molecule is O=C1CCC(N2C(=O)c3cccc(CCc4ccc(CN5CC(N6C7CCC6COC7)C5)cc4F)c3C2=O)C(=O)N1. The van der Waals surface area contributed by atoms with Crippen LogP contribution in [0.3, 0.4) is 0 Å². The summed E-state index contributed by atoms with van der Waals surface area (Å²) in [6, 6.07) is 11.1. The van der Waals surface area contributed by atoms with Crippen LogP contribution in [0.5, 0.6) is 0 Å². The molecule has 41 heavy (non-hydrogen) atoms. The van der Waals surface area contributed by atoms with Gasteiger partial charge < -0.3 is 4.74 Å². The zero-order chi connectivity index (χ0) is 28.2. The lowest BCUT2D eigenvalue weighted by Gasteiger charge is -2.49. The Hall–Kier alpha value is -3.47. The average Bonchev–Trinajstić information content (AvgIpc) is 3.32. The molecule has 3 atom stereocenters. The molecular weight excluding hydrogens is 527 g/mol. The Morgan fingerprint density at radius 3 is 2.37 bits per heavy atom. The fourth-order valence-corrected chi connectivity index (χ4v) is 7.33. The second-order valence-corrected chi connectivity index (χ2v) is 11.9. The summed E-state index contributed by atoms with van der Waals surface area (Å²) in [4.78, 5) is 56.3. The smallest absolute Gasteiger partial charge is 0.262 e. The highest BCUT2D eigenvalue weighted by molar-refractivity contribution is 6.24. The predicted octanol–water partition coefficient (Wildman–Crippen LogP) is 2.06. The maximum absolute atomic E-state index is 15.2. The Morgan fingerprint density at radius 2 is 1.63 bits per heavy atom. The summed E-state index contributed by atoms with van der Waals surface area (Å²) in [5.74, 6) is -2.40. The number of fused-ring (bicyclic) bond motifs is 3. The van der Waals surface area contributed by atoms with Crippen molar-refractivity contribution in [3.63, 3.8) is 0 Å². The Labute approximate surface area is 237 Å². The number of imide groups is 2. The molecule has 9 nitrogen and oxygen atoms in total. The minimum absolute atomic E-state index is 0.0685. The number of likely N-dealkylation sites (tertiary alicyclic amines) is 1. The van der Waals surface area contributed by atoms with Gasteiger partial charge in [-0.1, -0.05) is 24.3 Å². The van der Waals surface area contributed by atoms with Crippen LogP contribution in [0.25, 0.3) is 0 Å². The van der Waals surface area contributed by atoms with Gasteiger partial charge in [0.05, 0.1) is 24.3 Å². The summed E-state index contributed by atoms with van der Waals surface area (Å²) in [7, 11) is 0. The number of amides is 4. The normalized spacial score (nSPS) is 26.9. The summed E-state index contributed by atoms with van der Waals surface area (Å²) < 4.78 is 20.9. The molecule has 2 aromatic rings. The number of benzene rings is 2. The van der Waals surface area contributed by atoms with E-state index in [-0.39, 0.29) is 29.8 Å². The van der Waals surface area contributed by atoms with Gasteiger partial charge in [0.2, 0.25) is 11.8 Å². The molecule has 1 N–H and O–H groups in total. The number of carbonyl (C=O) groups excluding carboxylic acids is 4. The third-order valence-electron chi connectivity index (χ3n) is 9.40. The van der Waals surface area contributed by atoms with Crippen LogP contribution in [0.4, 0.5) is 4.39 Å². The van der Waals surface area contributed by atoms with Crippen LogP contribution in [0.2, 0.25) is 0 Å². The van der Waals surface area contributed by atoms with Crippen molar-refractivity contribution in [2.75, 3.05) is 26.3 Å². The van der Waals surface area contributed by atoms with Gasteiger partial charge in [0, 0.05) is 44.2 Å². The standard InChI is InChI=1S/C31H33FN4O5/c32-25-12-18(13-34-14-23(15-34)35-21-8-9-22(35)17-41-16-21)4-5-19(25)6-7-20-2-1-3-24-28(20)31(40)36(30(24)39)26-10-11-27(37)33-29(26)38/h1-5,12,21-23,26H,6-11,13-17H2,(H,33,37,38). The number of piperidine rings is 1. The molecule has 3 unspecified atom stereocenters. The summed E-state index contributed by atoms with van der Waals surface area (Å²) in [5, 5.41) is 2.21. The van der Waals surface area contributed by atoms with Crippen LogP contribution in [-0.2, 0) is 33.7 Å². The number of hydrogen-bond acceptors (Lipinski definition) is 7. The van der Waals surface area contributed by atoms with Crippen molar-refractivity contribution in [2.24, 2.45) is 0 Å². The lowest BCUT2D eigenvalue weighted by Crippen LogP contribution is -2.64. The minimum atomic E-state index is -1.01. The average molecular weight is 561 g/mol. The zero-order valence-corrected chi connectivity index (χ0v) is 22.8. The number of halogens is 1. The van der Waals surface area contributed by atoms with Crippen LogP contribution >= 0.6 is 0 Å². The predicted molar refractivity (Wildman–Crippen MR) is 145 cm³/mol. The van der Waals surface area contributed by atoms with E-state index >= 15 is 4.39 Å². The van der Waals surface area contributed by atoms with Crippen molar-refractivity contribution < 1.29 is 28.3 Å². The van der Waals surface area contributed by atoms with Gasteiger partial charge in [0.25, 0.3) is 11.8 Å². The second-order valence-electron chi connectivity index (χ2n) is 11.9. The summed E-state index contributed by atoms with van der Waals surface area (Å²) in [6.07, 6.45) is 3.37. The van der Waals surface area contributed by atoms with Crippen LogP contribution in [0, 0.1) is 5.82 Å². The monoisotopic (exact) mass is 560 g/mol. The highest BCUT2D eigenvalue weighted by Crippen LogP contribution is 2.34. The Bertz CT molecular complexity index is 1420. The number of hydrogen-bond donors (Lipinski definition) is 1. The third kappa shape index (κ3) is 4.67. The summed E-state index contributed by atoms with van der Waals surface area (Å²) in [5.41, 5.74) is 2.64. The molecule has 2 aromatic carbocycles. The quantitative estimate of drug-likeness (QED) is 0.518. The number of ether oxygens (including phenoxy) is 1. The first kappa shape index (κ1) is 26.4. The van der Waals surface area contributed by atoms with Gasteiger partial charge in [-0.2, -0.15) is 0 Å². The highest BCUT2D eigenvalue weighted by atomic mass is 19.1. The number of morpholine rings is 1. The van der Waals surface area contributed by atoms with E-state index in [1.165, 1.54) is 12.8 Å². The number of nitrogens with zero attached hydrogens (tertiary/aromatic N) is 3. The maximum Gasteiger partial charge on any atom is 0.262 e. The molecule has 0 saturated carbocycles. The van der Waals surface area contributed by atoms with Crippen molar-refractivity contribution >= 4 is 23.6 Å². The highest BCUT2D eigenvalue weighted by Gasteiger charge is 2.46. The van der Waals surface area contributed by atoms with Crippen LogP contribution in [0.15, 0.2) is 36.4 Å². The number of aryl methyl sites for hydroxylation is 2. The first-order valence-corrected chi connectivity index (χ1v) is 14.6. The molecule has 5 heterocycles. The first-order valence-electron chi connectivity index (χ1n) is 14.6. The van der Waals surface area contributed by atoms with E-state index in [4.69, 9.17) is 4.74 Å². The van der Waals surface area contributed by atoms with E-state index in [9.17, 15) is 19.2 Å². The molecule has 2 bridgehead atoms. The van der Waals surface area contributed by atoms with E-state index in [1.54, 1.807) is 24.3 Å². The fourth-order valence-electron chi connectivity index (χ4n) is 7.33. The fraction of sp³-hybridized carbons (Fsp3) is 0.484. The first-order chi connectivity index (χ1) is 19.9. The maximum atomic E-state index is 15.2. The molecule has 10 heteroatoms.